The zero-order chi connectivity index (χ0) is 18.2. The molecule has 0 aliphatic heterocycles. The van der Waals surface area contributed by atoms with Gasteiger partial charge in [0.05, 0.1) is 18.4 Å². The molecule has 0 spiro atoms. The maximum absolute atomic E-state index is 12.5. The Kier molecular flexibility index (Phi) is 6.54. The molecule has 0 saturated heterocycles. The van der Waals surface area contributed by atoms with E-state index in [0.717, 1.165) is 0 Å². The highest BCUT2D eigenvalue weighted by Crippen LogP contribution is 2.19. The molecule has 2 amide bonds. The van der Waals surface area contributed by atoms with Gasteiger partial charge in [-0.25, -0.2) is 0 Å². The van der Waals surface area contributed by atoms with E-state index in [1.54, 1.807) is 55.6 Å². The van der Waals surface area contributed by atoms with Crippen LogP contribution in [0.4, 0.5) is 11.4 Å². The third kappa shape index (κ3) is 5.61. The van der Waals surface area contributed by atoms with Crippen LogP contribution in [0.3, 0.4) is 0 Å². The number of carbonyl (C=O) groups is 2. The Hall–Kier alpha value is -2.86. The van der Waals surface area contributed by atoms with Gasteiger partial charge in [0.25, 0.3) is 5.91 Å². The first-order chi connectivity index (χ1) is 12.0. The number of hydrogen-bond acceptors (Lipinski definition) is 4. The number of amides is 2. The summed E-state index contributed by atoms with van der Waals surface area (Å²) < 4.78 is 5.09. The lowest BCUT2D eigenvalue weighted by Crippen LogP contribution is -2.21. The van der Waals surface area contributed by atoms with Crippen LogP contribution < -0.4 is 21.1 Å². The average molecular weight is 341 g/mol. The fourth-order valence-electron chi connectivity index (χ4n) is 2.23. The van der Waals surface area contributed by atoms with Gasteiger partial charge in [-0.15, -0.1) is 0 Å². The second-order valence-corrected chi connectivity index (χ2v) is 5.79. The molecule has 25 heavy (non-hydrogen) atoms. The lowest BCUT2D eigenvalue weighted by molar-refractivity contribution is -0.116. The van der Waals surface area contributed by atoms with E-state index in [-0.39, 0.29) is 17.9 Å². The lowest BCUT2D eigenvalue weighted by atomic mass is 10.1. The molecule has 0 saturated carbocycles. The highest BCUT2D eigenvalue weighted by atomic mass is 16.5. The molecule has 1 atom stereocenters. The molecule has 0 aliphatic carbocycles. The molecule has 0 bridgehead atoms. The van der Waals surface area contributed by atoms with Gasteiger partial charge >= 0.3 is 0 Å². The summed E-state index contributed by atoms with van der Waals surface area (Å²) in [5, 5.41) is 5.58. The topological polar surface area (TPSA) is 93.5 Å². The monoisotopic (exact) mass is 341 g/mol. The summed E-state index contributed by atoms with van der Waals surface area (Å²) in [5.41, 5.74) is 7.18. The fourth-order valence-corrected chi connectivity index (χ4v) is 2.23. The van der Waals surface area contributed by atoms with Crippen molar-refractivity contribution in [3.05, 3.63) is 54.1 Å². The zero-order valence-corrected chi connectivity index (χ0v) is 14.4. The summed E-state index contributed by atoms with van der Waals surface area (Å²) in [7, 11) is 1.58. The Bertz CT molecular complexity index is 727. The molecule has 4 N–H and O–H groups in total. The van der Waals surface area contributed by atoms with Gasteiger partial charge in [0.15, 0.2) is 0 Å². The van der Waals surface area contributed by atoms with Gasteiger partial charge in [-0.1, -0.05) is 12.1 Å². The third-order valence-corrected chi connectivity index (χ3v) is 3.62. The van der Waals surface area contributed by atoms with Crippen LogP contribution in [0.5, 0.6) is 5.75 Å². The number of benzene rings is 2. The van der Waals surface area contributed by atoms with E-state index in [0.29, 0.717) is 35.5 Å². The first kappa shape index (κ1) is 18.5. The van der Waals surface area contributed by atoms with Crippen molar-refractivity contribution in [2.24, 2.45) is 5.73 Å². The van der Waals surface area contributed by atoms with E-state index in [1.807, 2.05) is 6.92 Å². The Balaban J connectivity index is 2.07. The molecule has 2 aromatic rings. The van der Waals surface area contributed by atoms with Gasteiger partial charge in [0, 0.05) is 18.2 Å². The van der Waals surface area contributed by atoms with Crippen molar-refractivity contribution in [2.75, 3.05) is 17.7 Å². The van der Waals surface area contributed by atoms with Crippen LogP contribution in [0.1, 0.15) is 30.1 Å². The summed E-state index contributed by atoms with van der Waals surface area (Å²) in [6.07, 6.45) is 0.901. The normalized spacial score (nSPS) is 11.5. The van der Waals surface area contributed by atoms with Crippen LogP contribution in [0.2, 0.25) is 0 Å². The molecular weight excluding hydrogens is 318 g/mol. The number of nitrogens with one attached hydrogen (secondary N) is 2. The van der Waals surface area contributed by atoms with E-state index in [4.69, 9.17) is 10.5 Å². The molecular formula is C19H23N3O3. The van der Waals surface area contributed by atoms with E-state index >= 15 is 0 Å². The van der Waals surface area contributed by atoms with Gasteiger partial charge in [0.1, 0.15) is 5.75 Å². The maximum atomic E-state index is 12.5. The van der Waals surface area contributed by atoms with E-state index < -0.39 is 0 Å². The number of methoxy groups -OCH3 is 1. The maximum Gasteiger partial charge on any atom is 0.257 e. The van der Waals surface area contributed by atoms with Gasteiger partial charge in [0.2, 0.25) is 5.91 Å². The second-order valence-electron chi connectivity index (χ2n) is 5.79. The van der Waals surface area contributed by atoms with Crippen molar-refractivity contribution in [1.82, 2.24) is 0 Å². The SMILES string of the molecule is COc1ccc(NC(=O)c2ccccc2NC(=O)CCC(C)N)cc1. The quantitative estimate of drug-likeness (QED) is 0.721. The Morgan fingerprint density at radius 3 is 2.40 bits per heavy atom. The average Bonchev–Trinajstić information content (AvgIpc) is 2.61. The number of anilines is 2. The predicted octanol–water partition coefficient (Wildman–Crippen LogP) is 3.01. The summed E-state index contributed by atoms with van der Waals surface area (Å²) in [5.74, 6) is 0.245. The number of rotatable bonds is 7. The molecule has 0 aromatic heterocycles. The summed E-state index contributed by atoms with van der Waals surface area (Å²) in [6.45, 7) is 1.85. The van der Waals surface area contributed by atoms with Crippen LogP contribution in [0, 0.1) is 0 Å². The van der Waals surface area contributed by atoms with Crippen molar-refractivity contribution < 1.29 is 14.3 Å². The Labute approximate surface area is 147 Å². The van der Waals surface area contributed by atoms with E-state index in [2.05, 4.69) is 10.6 Å². The molecule has 0 radical (unpaired) electrons. The molecule has 132 valence electrons. The molecule has 0 fully saturated rings. The van der Waals surface area contributed by atoms with Crippen LogP contribution in [-0.4, -0.2) is 25.0 Å². The molecule has 2 rings (SSSR count). The minimum atomic E-state index is -0.298. The molecule has 1 unspecified atom stereocenters. The number of hydrogen-bond donors (Lipinski definition) is 3. The van der Waals surface area contributed by atoms with Gasteiger partial charge in [-0.05, 0) is 49.7 Å². The number of carbonyl (C=O) groups excluding carboxylic acids is 2. The van der Waals surface area contributed by atoms with Crippen LogP contribution >= 0.6 is 0 Å². The highest BCUT2D eigenvalue weighted by molar-refractivity contribution is 6.10. The minimum Gasteiger partial charge on any atom is -0.497 e. The lowest BCUT2D eigenvalue weighted by Gasteiger charge is -2.12. The molecule has 0 heterocycles. The number of nitrogens with two attached hydrogens (primary N) is 1. The highest BCUT2D eigenvalue weighted by Gasteiger charge is 2.13. The molecule has 2 aromatic carbocycles. The third-order valence-electron chi connectivity index (χ3n) is 3.62. The largest absolute Gasteiger partial charge is 0.497 e. The molecule has 6 heteroatoms. The summed E-state index contributed by atoms with van der Waals surface area (Å²) in [6, 6.07) is 13.9. The first-order valence-corrected chi connectivity index (χ1v) is 8.09. The van der Waals surface area contributed by atoms with Crippen LogP contribution in [0.15, 0.2) is 48.5 Å². The van der Waals surface area contributed by atoms with E-state index in [9.17, 15) is 9.59 Å². The van der Waals surface area contributed by atoms with Gasteiger partial charge < -0.3 is 21.1 Å². The second kappa shape index (κ2) is 8.84. The fraction of sp³-hybridized carbons (Fsp3) is 0.263. The molecule has 6 nitrogen and oxygen atoms in total. The number of ether oxygens (including phenoxy) is 1. The predicted molar refractivity (Wildman–Crippen MR) is 98.9 cm³/mol. The van der Waals surface area contributed by atoms with Crippen molar-refractivity contribution in [3.63, 3.8) is 0 Å². The van der Waals surface area contributed by atoms with Crippen LogP contribution in [-0.2, 0) is 4.79 Å². The van der Waals surface area contributed by atoms with Crippen molar-refractivity contribution >= 4 is 23.2 Å². The van der Waals surface area contributed by atoms with Gasteiger partial charge in [-0.3, -0.25) is 9.59 Å². The summed E-state index contributed by atoms with van der Waals surface area (Å²) in [4.78, 5) is 24.5. The van der Waals surface area contributed by atoms with Crippen molar-refractivity contribution in [2.45, 2.75) is 25.8 Å². The van der Waals surface area contributed by atoms with Crippen LogP contribution in [0.25, 0.3) is 0 Å². The summed E-state index contributed by atoms with van der Waals surface area (Å²) >= 11 is 0. The van der Waals surface area contributed by atoms with E-state index in [1.165, 1.54) is 0 Å². The Morgan fingerprint density at radius 1 is 1.08 bits per heavy atom. The zero-order valence-electron chi connectivity index (χ0n) is 14.4. The van der Waals surface area contributed by atoms with Crippen molar-refractivity contribution in [3.8, 4) is 5.75 Å². The standard InChI is InChI=1S/C19H23N3O3/c1-13(20)7-12-18(23)22-17-6-4-3-5-16(17)19(24)21-14-8-10-15(25-2)11-9-14/h3-6,8-11,13H,7,12,20H2,1-2H3,(H,21,24)(H,22,23). The molecule has 0 aliphatic rings. The number of para-hydroxylation sites is 1. The minimum absolute atomic E-state index is 0.0423. The smallest absolute Gasteiger partial charge is 0.257 e. The first-order valence-electron chi connectivity index (χ1n) is 8.09. The Morgan fingerprint density at radius 2 is 1.76 bits per heavy atom. The van der Waals surface area contributed by atoms with Gasteiger partial charge in [-0.2, -0.15) is 0 Å². The van der Waals surface area contributed by atoms with Crippen molar-refractivity contribution in [1.29, 1.82) is 0 Å².